The maximum absolute atomic E-state index is 8.04. The summed E-state index contributed by atoms with van der Waals surface area (Å²) >= 11 is 3.07. The number of nitrogens with zero attached hydrogens (tertiary/aromatic N) is 2. The number of hydrogen-bond donors (Lipinski definition) is 0. The Labute approximate surface area is 57.1 Å². The fourth-order valence-electron chi connectivity index (χ4n) is 0.248. The van der Waals surface area contributed by atoms with Gasteiger partial charge in [0.2, 0.25) is 0 Å². The lowest BCUT2D eigenvalue weighted by Crippen LogP contribution is -1.86. The van der Waals surface area contributed by atoms with Crippen LogP contribution in [0.25, 0.3) is 4.85 Å². The first kappa shape index (κ1) is 7.46. The molecule has 0 spiro atoms. The van der Waals surface area contributed by atoms with Gasteiger partial charge in [0.15, 0.2) is 0 Å². The Morgan fingerprint density at radius 2 is 2.50 bits per heavy atom. The summed E-state index contributed by atoms with van der Waals surface area (Å²) in [6, 6.07) is 1.96. The second kappa shape index (κ2) is 4.61. The quantitative estimate of drug-likeness (QED) is 0.356. The second-order valence-electron chi connectivity index (χ2n) is 1.26. The van der Waals surface area contributed by atoms with Crippen molar-refractivity contribution in [3.8, 4) is 6.07 Å². The van der Waals surface area contributed by atoms with E-state index in [4.69, 9.17) is 11.8 Å². The standard InChI is InChI=1S/C5H5BrN2/c1-8-5(6)3-2-4-7/h5H,2-3H2. The Kier molecular flexibility index (Phi) is 4.30. The van der Waals surface area contributed by atoms with E-state index in [0.29, 0.717) is 12.8 Å². The molecule has 0 saturated carbocycles. The third-order valence-corrected chi connectivity index (χ3v) is 1.30. The zero-order chi connectivity index (χ0) is 6.41. The van der Waals surface area contributed by atoms with Crippen molar-refractivity contribution in [2.45, 2.75) is 17.8 Å². The number of alkyl halides is 1. The van der Waals surface area contributed by atoms with Gasteiger partial charge in [0.25, 0.3) is 4.95 Å². The van der Waals surface area contributed by atoms with Gasteiger partial charge in [-0.05, 0) is 0 Å². The molecule has 0 radical (unpaired) electrons. The molecule has 42 valence electrons. The van der Waals surface area contributed by atoms with E-state index < -0.39 is 0 Å². The lowest BCUT2D eigenvalue weighted by Gasteiger charge is -1.86. The lowest BCUT2D eigenvalue weighted by molar-refractivity contribution is 0.899. The van der Waals surface area contributed by atoms with E-state index in [-0.39, 0.29) is 4.95 Å². The topological polar surface area (TPSA) is 28.1 Å². The van der Waals surface area contributed by atoms with Crippen molar-refractivity contribution < 1.29 is 0 Å². The molecule has 0 rings (SSSR count). The van der Waals surface area contributed by atoms with Crippen LogP contribution < -0.4 is 0 Å². The Bertz CT molecular complexity index is 130. The minimum atomic E-state index is -0.165. The highest BCUT2D eigenvalue weighted by Crippen LogP contribution is 2.07. The van der Waals surface area contributed by atoms with Crippen LogP contribution in [0.4, 0.5) is 0 Å². The first-order chi connectivity index (χ1) is 3.81. The maximum Gasteiger partial charge on any atom is 0.277 e. The Hall–Kier alpha value is -0.540. The summed E-state index contributed by atoms with van der Waals surface area (Å²) in [5, 5.41) is 8.04. The highest BCUT2D eigenvalue weighted by molar-refractivity contribution is 9.09. The summed E-state index contributed by atoms with van der Waals surface area (Å²) in [5.41, 5.74) is 0. The number of nitriles is 1. The van der Waals surface area contributed by atoms with Crippen LogP contribution in [0.15, 0.2) is 0 Å². The maximum atomic E-state index is 8.04. The average Bonchev–Trinajstić information content (AvgIpc) is 1.83. The second-order valence-corrected chi connectivity index (χ2v) is 2.32. The lowest BCUT2D eigenvalue weighted by atomic mass is 10.3. The monoisotopic (exact) mass is 172 g/mol. The van der Waals surface area contributed by atoms with Crippen molar-refractivity contribution in [2.75, 3.05) is 0 Å². The number of halogens is 1. The zero-order valence-electron chi connectivity index (χ0n) is 4.26. The van der Waals surface area contributed by atoms with Crippen molar-refractivity contribution in [1.29, 1.82) is 5.26 Å². The van der Waals surface area contributed by atoms with Crippen LogP contribution in [0.3, 0.4) is 0 Å². The summed E-state index contributed by atoms with van der Waals surface area (Å²) in [4.78, 5) is 2.98. The van der Waals surface area contributed by atoms with E-state index in [1.165, 1.54) is 0 Å². The van der Waals surface area contributed by atoms with Crippen LogP contribution in [0.2, 0.25) is 0 Å². The van der Waals surface area contributed by atoms with Gasteiger partial charge >= 0.3 is 0 Å². The molecule has 8 heavy (non-hydrogen) atoms. The molecule has 0 aromatic carbocycles. The van der Waals surface area contributed by atoms with Crippen LogP contribution in [-0.2, 0) is 0 Å². The van der Waals surface area contributed by atoms with Gasteiger partial charge < -0.3 is 4.85 Å². The molecule has 0 amide bonds. The van der Waals surface area contributed by atoms with Crippen LogP contribution in [0.5, 0.6) is 0 Å². The Morgan fingerprint density at radius 3 is 2.88 bits per heavy atom. The summed E-state index contributed by atoms with van der Waals surface area (Å²) in [5.74, 6) is 0. The molecule has 0 aromatic heterocycles. The molecule has 0 aromatic rings. The van der Waals surface area contributed by atoms with Crippen LogP contribution in [0.1, 0.15) is 12.8 Å². The Morgan fingerprint density at radius 1 is 1.88 bits per heavy atom. The van der Waals surface area contributed by atoms with Gasteiger partial charge in [0, 0.05) is 28.8 Å². The van der Waals surface area contributed by atoms with Crippen molar-refractivity contribution in [2.24, 2.45) is 0 Å². The molecule has 0 aliphatic carbocycles. The summed E-state index contributed by atoms with van der Waals surface area (Å²) < 4.78 is 0. The van der Waals surface area contributed by atoms with Crippen LogP contribution in [-0.4, -0.2) is 4.95 Å². The molecule has 0 fully saturated rings. The molecule has 0 saturated heterocycles. The molecule has 0 aliphatic rings. The van der Waals surface area contributed by atoms with Gasteiger partial charge in [-0.3, -0.25) is 0 Å². The fourth-order valence-corrected chi connectivity index (χ4v) is 0.477. The third kappa shape index (κ3) is 3.64. The van der Waals surface area contributed by atoms with Crippen molar-refractivity contribution in [1.82, 2.24) is 0 Å². The number of hydrogen-bond acceptors (Lipinski definition) is 1. The highest BCUT2D eigenvalue weighted by Gasteiger charge is 2.02. The molecule has 1 unspecified atom stereocenters. The van der Waals surface area contributed by atoms with E-state index >= 15 is 0 Å². The molecule has 3 heteroatoms. The van der Waals surface area contributed by atoms with Gasteiger partial charge in [-0.15, -0.1) is 0 Å². The first-order valence-corrected chi connectivity index (χ1v) is 3.10. The highest BCUT2D eigenvalue weighted by atomic mass is 79.9. The molecule has 1 atom stereocenters. The van der Waals surface area contributed by atoms with E-state index in [1.807, 2.05) is 6.07 Å². The molecule has 0 heterocycles. The predicted molar refractivity (Wildman–Crippen MR) is 34.2 cm³/mol. The summed E-state index contributed by atoms with van der Waals surface area (Å²) in [6.45, 7) is 6.46. The molecular formula is C5H5BrN2. The molecule has 0 N–H and O–H groups in total. The van der Waals surface area contributed by atoms with Crippen molar-refractivity contribution in [3.05, 3.63) is 11.4 Å². The average molecular weight is 173 g/mol. The molecule has 0 bridgehead atoms. The first-order valence-electron chi connectivity index (χ1n) is 2.19. The van der Waals surface area contributed by atoms with E-state index in [2.05, 4.69) is 20.8 Å². The van der Waals surface area contributed by atoms with Gasteiger partial charge in [-0.2, -0.15) is 5.26 Å². The zero-order valence-corrected chi connectivity index (χ0v) is 5.85. The Balaban J connectivity index is 3.18. The van der Waals surface area contributed by atoms with Gasteiger partial charge in [-0.1, -0.05) is 0 Å². The third-order valence-electron chi connectivity index (χ3n) is 0.634. The van der Waals surface area contributed by atoms with Crippen LogP contribution >= 0.6 is 15.9 Å². The number of rotatable bonds is 2. The molecule has 0 aliphatic heterocycles. The summed E-state index contributed by atoms with van der Waals surface area (Å²) in [6.07, 6.45) is 1.08. The van der Waals surface area contributed by atoms with Gasteiger partial charge in [-0.25, -0.2) is 6.57 Å². The predicted octanol–water partition coefficient (Wildman–Crippen LogP) is 1.93. The SMILES string of the molecule is [C-]#[N+]C(Br)CCC#N. The van der Waals surface area contributed by atoms with Gasteiger partial charge in [0.05, 0.1) is 6.07 Å². The van der Waals surface area contributed by atoms with Crippen LogP contribution in [0, 0.1) is 17.9 Å². The van der Waals surface area contributed by atoms with Gasteiger partial charge in [0.1, 0.15) is 0 Å². The van der Waals surface area contributed by atoms with E-state index in [9.17, 15) is 0 Å². The van der Waals surface area contributed by atoms with E-state index in [0.717, 1.165) is 0 Å². The fraction of sp³-hybridized carbons (Fsp3) is 0.600. The smallest absolute Gasteiger partial charge is 0.277 e. The minimum Gasteiger partial charge on any atom is -0.301 e. The van der Waals surface area contributed by atoms with Crippen molar-refractivity contribution in [3.63, 3.8) is 0 Å². The summed E-state index contributed by atoms with van der Waals surface area (Å²) in [7, 11) is 0. The van der Waals surface area contributed by atoms with Crippen molar-refractivity contribution >= 4 is 15.9 Å². The normalized spacial score (nSPS) is 11.4. The molecule has 2 nitrogen and oxygen atoms in total. The minimum absolute atomic E-state index is 0.165. The largest absolute Gasteiger partial charge is 0.301 e. The van der Waals surface area contributed by atoms with E-state index in [1.54, 1.807) is 0 Å². The molecular weight excluding hydrogens is 168 g/mol.